The zero-order valence-electron chi connectivity index (χ0n) is 24.3. The van der Waals surface area contributed by atoms with E-state index in [-0.39, 0.29) is 34.8 Å². The molecule has 14 heteroatoms. The summed E-state index contributed by atoms with van der Waals surface area (Å²) < 4.78 is 12.5. The molecule has 5 rings (SSSR count). The Morgan fingerprint density at radius 1 is 1.09 bits per heavy atom. The number of aliphatic hydroxyl groups excluding tert-OH is 1. The highest BCUT2D eigenvalue weighted by molar-refractivity contribution is 7.52. The molecule has 1 aromatic heterocycles. The highest BCUT2D eigenvalue weighted by Crippen LogP contribution is 2.51. The first kappa shape index (κ1) is 31.8. The summed E-state index contributed by atoms with van der Waals surface area (Å²) in [5, 5.41) is 12.9. The van der Waals surface area contributed by atoms with Gasteiger partial charge in [0.05, 0.1) is 11.5 Å². The van der Waals surface area contributed by atoms with Crippen LogP contribution in [0.3, 0.4) is 0 Å². The van der Waals surface area contributed by atoms with Gasteiger partial charge in [0, 0.05) is 43.5 Å². The van der Waals surface area contributed by atoms with E-state index >= 15 is 0 Å². The van der Waals surface area contributed by atoms with Crippen LogP contribution in [0.5, 0.6) is 0 Å². The predicted molar refractivity (Wildman–Crippen MR) is 165 cm³/mol. The first-order valence-corrected chi connectivity index (χ1v) is 16.8. The molecule has 2 aromatic carbocycles. The van der Waals surface area contributed by atoms with Crippen LogP contribution in [0.1, 0.15) is 47.1 Å². The van der Waals surface area contributed by atoms with Crippen LogP contribution in [0.4, 0.5) is 5.69 Å². The number of rotatable bonds is 7. The number of nitrogens with zero attached hydrogens (tertiary/aromatic N) is 3. The fraction of sp³-hybridized carbons (Fsp3) is 0.400. The first-order valence-electron chi connectivity index (χ1n) is 14.3. The Kier molecular flexibility index (Phi) is 9.24. The summed E-state index contributed by atoms with van der Waals surface area (Å²) in [6.45, 7) is 1.00. The van der Waals surface area contributed by atoms with Crippen LogP contribution in [0, 0.1) is 0 Å². The lowest BCUT2D eigenvalue weighted by molar-refractivity contribution is -0.144. The summed E-state index contributed by atoms with van der Waals surface area (Å²) in [6.07, 6.45) is 1.58. The van der Waals surface area contributed by atoms with E-state index < -0.39 is 43.8 Å². The molecule has 2 aliphatic rings. The molecule has 0 spiro atoms. The fourth-order valence-electron chi connectivity index (χ4n) is 6.03. The van der Waals surface area contributed by atoms with Crippen molar-refractivity contribution < 1.29 is 38.6 Å². The number of anilines is 1. The molecule has 44 heavy (non-hydrogen) atoms. The van der Waals surface area contributed by atoms with Crippen LogP contribution >= 0.6 is 18.9 Å². The summed E-state index contributed by atoms with van der Waals surface area (Å²) in [6, 6.07) is 13.3. The number of aliphatic hydroxyl groups is 1. The summed E-state index contributed by atoms with van der Waals surface area (Å²) in [7, 11) is -2.94. The molecule has 3 aromatic rings. The third kappa shape index (κ3) is 6.43. The summed E-state index contributed by atoms with van der Waals surface area (Å²) in [4.78, 5) is 77.9. The van der Waals surface area contributed by atoms with Crippen molar-refractivity contribution in [2.75, 3.05) is 31.6 Å². The maximum Gasteiger partial charge on any atom is 0.335 e. The highest BCUT2D eigenvalue weighted by atomic mass is 32.1. The van der Waals surface area contributed by atoms with E-state index in [0.29, 0.717) is 41.6 Å². The van der Waals surface area contributed by atoms with Crippen molar-refractivity contribution in [3.05, 3.63) is 65.0 Å². The number of carbonyl (C=O) groups is 4. The van der Waals surface area contributed by atoms with E-state index in [9.17, 15) is 38.6 Å². The predicted octanol–water partition coefficient (Wildman–Crippen LogP) is 2.49. The van der Waals surface area contributed by atoms with Gasteiger partial charge in [0.1, 0.15) is 17.7 Å². The molecular weight excluding hydrogens is 607 g/mol. The first-order chi connectivity index (χ1) is 20.9. The summed E-state index contributed by atoms with van der Waals surface area (Å²) in [5.41, 5.74) is -0.451. The lowest BCUT2D eigenvalue weighted by atomic mass is 10.1. The number of thiophene rings is 1. The maximum atomic E-state index is 14.1. The number of fused-ring (bicyclic) bond motifs is 2. The van der Waals surface area contributed by atoms with Crippen molar-refractivity contribution in [3.8, 4) is 0 Å². The second kappa shape index (κ2) is 12.8. The van der Waals surface area contributed by atoms with Gasteiger partial charge in [-0.1, -0.05) is 24.3 Å². The number of hydrogen-bond donors (Lipinski definition) is 4. The zero-order valence-corrected chi connectivity index (χ0v) is 26.0. The Hall–Kier alpha value is -3.61. The van der Waals surface area contributed by atoms with Crippen molar-refractivity contribution in [1.29, 1.82) is 0 Å². The zero-order chi connectivity index (χ0) is 31.8. The number of nitrogens with one attached hydrogen (secondary N) is 1. The molecule has 4 N–H and O–H groups in total. The number of likely N-dealkylation sites (N-methyl/N-ethyl adjacent to an activating group) is 1. The van der Waals surface area contributed by atoms with Crippen LogP contribution in [-0.4, -0.2) is 93.2 Å². The Morgan fingerprint density at radius 2 is 1.82 bits per heavy atom. The molecule has 0 aliphatic carbocycles. The summed E-state index contributed by atoms with van der Waals surface area (Å²) in [5.74, 6) is -1.43. The minimum atomic E-state index is -4.61. The summed E-state index contributed by atoms with van der Waals surface area (Å²) >= 11 is 1.14. The molecule has 234 valence electrons. The van der Waals surface area contributed by atoms with Crippen LogP contribution in [0.15, 0.2) is 54.6 Å². The van der Waals surface area contributed by atoms with Gasteiger partial charge in [-0.3, -0.25) is 23.7 Å². The standard InChI is InChI=1S/C30H35N4O8PS/c1-18(36)33-13-12-22-9-10-24(30(39)32(2)21-6-4-3-5-7-21)34(22)29(38)23(16-33)31-28(37)27-15-20-14-19(8-11-26(20)44-27)25(17-35)43(40,41)42/h3-8,11,14-15,22-25,35H,9-10,12-13,16-17H2,1-2H3,(H,31,37)(H2,40,41,42)/t22-,23?,24+,25?/m1/s1. The minimum absolute atomic E-state index is 0.0475. The number of benzene rings is 2. The van der Waals surface area contributed by atoms with E-state index in [1.807, 2.05) is 30.3 Å². The average Bonchev–Trinajstić information content (AvgIpc) is 3.61. The Labute approximate surface area is 258 Å². The van der Waals surface area contributed by atoms with Crippen molar-refractivity contribution in [2.24, 2.45) is 0 Å². The van der Waals surface area contributed by atoms with Crippen molar-refractivity contribution in [2.45, 2.75) is 50.0 Å². The van der Waals surface area contributed by atoms with E-state index in [2.05, 4.69) is 5.32 Å². The molecule has 0 radical (unpaired) electrons. The fourth-order valence-corrected chi connectivity index (χ4v) is 7.74. The van der Waals surface area contributed by atoms with Gasteiger partial charge in [-0.2, -0.15) is 0 Å². The normalized spacial score (nSPS) is 21.4. The van der Waals surface area contributed by atoms with Crippen molar-refractivity contribution in [3.63, 3.8) is 0 Å². The monoisotopic (exact) mass is 642 g/mol. The molecule has 2 saturated heterocycles. The van der Waals surface area contributed by atoms with Gasteiger partial charge in [0.15, 0.2) is 0 Å². The molecule has 12 nitrogen and oxygen atoms in total. The lowest BCUT2D eigenvalue weighted by Gasteiger charge is -2.39. The SMILES string of the molecule is CC(=O)N1CC[C@H]2CC[C@@H](C(=O)N(C)c3ccccc3)N2C(=O)C(NC(=O)c2cc3cc(C(CO)P(=O)(O)O)ccc3s2)C1. The molecule has 4 atom stereocenters. The number of amides is 4. The van der Waals surface area contributed by atoms with Gasteiger partial charge in [-0.05, 0) is 60.5 Å². The Balaban J connectivity index is 1.41. The third-order valence-electron chi connectivity index (χ3n) is 8.43. The average molecular weight is 643 g/mol. The molecule has 4 amide bonds. The lowest BCUT2D eigenvalue weighted by Crippen LogP contribution is -2.61. The molecule has 3 heterocycles. The Morgan fingerprint density at radius 3 is 2.48 bits per heavy atom. The van der Waals surface area contributed by atoms with Gasteiger partial charge in [-0.15, -0.1) is 11.3 Å². The second-order valence-corrected chi connectivity index (χ2v) is 14.1. The quantitative estimate of drug-likeness (QED) is 0.285. The van der Waals surface area contributed by atoms with Crippen LogP contribution in [-0.2, 0) is 18.9 Å². The van der Waals surface area contributed by atoms with Gasteiger partial charge in [0.2, 0.25) is 17.7 Å². The van der Waals surface area contributed by atoms with Gasteiger partial charge in [0.25, 0.3) is 5.91 Å². The van der Waals surface area contributed by atoms with Crippen LogP contribution < -0.4 is 10.2 Å². The topological polar surface area (TPSA) is 168 Å². The van der Waals surface area contributed by atoms with E-state index in [1.54, 1.807) is 29.0 Å². The molecule has 0 saturated carbocycles. The number of para-hydroxylation sites is 1. The molecule has 2 unspecified atom stereocenters. The Bertz CT molecular complexity index is 1630. The smallest absolute Gasteiger partial charge is 0.335 e. The molecule has 2 fully saturated rings. The number of hydrogen-bond acceptors (Lipinski definition) is 7. The second-order valence-electron chi connectivity index (χ2n) is 11.2. The number of carbonyl (C=O) groups excluding carboxylic acids is 4. The van der Waals surface area contributed by atoms with Crippen LogP contribution in [0.2, 0.25) is 0 Å². The maximum absolute atomic E-state index is 14.1. The molecular formula is C30H35N4O8PS. The van der Waals surface area contributed by atoms with Gasteiger partial charge >= 0.3 is 7.60 Å². The van der Waals surface area contributed by atoms with Crippen molar-refractivity contribution >= 4 is 58.3 Å². The van der Waals surface area contributed by atoms with Gasteiger partial charge < -0.3 is 34.9 Å². The highest BCUT2D eigenvalue weighted by Gasteiger charge is 2.46. The van der Waals surface area contributed by atoms with E-state index in [1.165, 1.54) is 24.0 Å². The van der Waals surface area contributed by atoms with E-state index in [4.69, 9.17) is 0 Å². The van der Waals surface area contributed by atoms with E-state index in [0.717, 1.165) is 11.3 Å². The molecule has 2 aliphatic heterocycles. The molecule has 0 bridgehead atoms. The third-order valence-corrected chi connectivity index (χ3v) is 10.8. The minimum Gasteiger partial charge on any atom is -0.395 e. The van der Waals surface area contributed by atoms with Crippen molar-refractivity contribution in [1.82, 2.24) is 15.1 Å². The van der Waals surface area contributed by atoms with Gasteiger partial charge in [-0.25, -0.2) is 0 Å². The van der Waals surface area contributed by atoms with Crippen LogP contribution in [0.25, 0.3) is 10.1 Å². The largest absolute Gasteiger partial charge is 0.395 e.